The number of sulfonamides is 1. The van der Waals surface area contributed by atoms with Crippen LogP contribution in [0.25, 0.3) is 0 Å². The van der Waals surface area contributed by atoms with Gasteiger partial charge in [-0.25, -0.2) is 17.7 Å². The minimum atomic E-state index is -3.53. The Kier molecular flexibility index (Phi) is 6.59. The summed E-state index contributed by atoms with van der Waals surface area (Å²) in [5.41, 5.74) is 6.91. The number of aryl methyl sites for hydroxylation is 1. The summed E-state index contributed by atoms with van der Waals surface area (Å²) in [6.07, 6.45) is 0. The summed E-state index contributed by atoms with van der Waals surface area (Å²) < 4.78 is 25.9. The first-order valence-corrected chi connectivity index (χ1v) is 11.5. The number of thioether (sulfide) groups is 1. The number of benzene rings is 2. The first-order valence-electron chi connectivity index (χ1n) is 9.12. The Labute approximate surface area is 180 Å². The first kappa shape index (κ1) is 22.0. The molecule has 0 atom stereocenters. The lowest BCUT2D eigenvalue weighted by Gasteiger charge is -2.16. The van der Waals surface area contributed by atoms with Crippen LogP contribution in [0.5, 0.6) is 0 Å². The fraction of sp³-hybridized carbons (Fsp3) is 0.250. The van der Waals surface area contributed by atoms with Crippen LogP contribution in [0, 0.1) is 6.92 Å². The van der Waals surface area contributed by atoms with Gasteiger partial charge >= 0.3 is 0 Å². The molecule has 0 unspecified atom stereocenters. The molecule has 158 valence electrons. The van der Waals surface area contributed by atoms with Gasteiger partial charge in [-0.1, -0.05) is 30.0 Å². The quantitative estimate of drug-likeness (QED) is 0.737. The third-order valence-electron chi connectivity index (χ3n) is 4.35. The van der Waals surface area contributed by atoms with E-state index in [2.05, 4.69) is 20.8 Å². The van der Waals surface area contributed by atoms with E-state index in [1.54, 1.807) is 18.2 Å². The molecule has 3 rings (SSSR count). The van der Waals surface area contributed by atoms with Gasteiger partial charge in [0.2, 0.25) is 15.9 Å². The Bertz CT molecular complexity index is 1120. The zero-order valence-corrected chi connectivity index (χ0v) is 18.8. The highest BCUT2D eigenvalue weighted by molar-refractivity contribution is 8.14. The number of nitrogens with zero attached hydrogens (tertiary/aromatic N) is 3. The van der Waals surface area contributed by atoms with E-state index in [0.29, 0.717) is 16.6 Å². The maximum absolute atomic E-state index is 12.4. The number of nitrogens with one attached hydrogen (secondary N) is 2. The molecule has 0 saturated carbocycles. The molecule has 0 spiro atoms. The normalized spacial score (nSPS) is 15.6. The van der Waals surface area contributed by atoms with Gasteiger partial charge in [0, 0.05) is 32.5 Å². The highest BCUT2D eigenvalue weighted by atomic mass is 32.2. The van der Waals surface area contributed by atoms with Gasteiger partial charge in [-0.2, -0.15) is 5.10 Å². The topological polar surface area (TPSA) is 103 Å². The summed E-state index contributed by atoms with van der Waals surface area (Å²) in [6.45, 7) is 3.35. The van der Waals surface area contributed by atoms with Crippen molar-refractivity contribution in [3.8, 4) is 0 Å². The average Bonchev–Trinajstić information content (AvgIpc) is 2.70. The summed E-state index contributed by atoms with van der Waals surface area (Å²) >= 11 is 1.48. The Hall–Kier alpha value is -2.69. The number of hydrogen-bond donors (Lipinski definition) is 2. The molecule has 0 bridgehead atoms. The van der Waals surface area contributed by atoms with Gasteiger partial charge in [-0.05, 0) is 42.3 Å². The molecule has 10 heteroatoms. The predicted octanol–water partition coefficient (Wildman–Crippen LogP) is 2.93. The van der Waals surface area contributed by atoms with Gasteiger partial charge in [-0.3, -0.25) is 10.2 Å². The minimum Gasteiger partial charge on any atom is -0.326 e. The number of anilines is 1. The number of amidine groups is 1. The van der Waals surface area contributed by atoms with Gasteiger partial charge < -0.3 is 5.32 Å². The van der Waals surface area contributed by atoms with Crippen molar-refractivity contribution in [3.63, 3.8) is 0 Å². The molecule has 0 radical (unpaired) electrons. The number of carbonyl (C=O) groups excluding carboxylic acids is 1. The van der Waals surface area contributed by atoms with E-state index < -0.39 is 10.0 Å². The van der Waals surface area contributed by atoms with Crippen molar-refractivity contribution < 1.29 is 13.2 Å². The lowest BCUT2D eigenvalue weighted by Crippen LogP contribution is -2.25. The van der Waals surface area contributed by atoms with Crippen LogP contribution >= 0.6 is 11.8 Å². The largest absolute Gasteiger partial charge is 0.326 e. The van der Waals surface area contributed by atoms with E-state index in [1.807, 2.05) is 31.2 Å². The van der Waals surface area contributed by atoms with Crippen LogP contribution in [0.15, 0.2) is 57.5 Å². The standard InChI is InChI=1S/C20H23N5O3S2/c1-13-5-10-17(30(27,28)25(3)4)11-18(13)22-20-24-23-19(12-29-20)15-6-8-16(9-7-15)21-14(2)26/h5-11H,12H2,1-4H3,(H,21,26)(H,22,24). The summed E-state index contributed by atoms with van der Waals surface area (Å²) in [6, 6.07) is 12.3. The van der Waals surface area contributed by atoms with Crippen LogP contribution in [-0.2, 0) is 14.8 Å². The molecule has 8 nitrogen and oxygen atoms in total. The molecule has 2 aromatic carbocycles. The van der Waals surface area contributed by atoms with Crippen LogP contribution in [0.2, 0.25) is 0 Å². The zero-order valence-electron chi connectivity index (χ0n) is 17.1. The molecule has 1 aliphatic rings. The number of hydrogen-bond acceptors (Lipinski definition) is 6. The third-order valence-corrected chi connectivity index (χ3v) is 7.04. The second-order valence-electron chi connectivity index (χ2n) is 6.87. The van der Waals surface area contributed by atoms with Crippen molar-refractivity contribution in [3.05, 3.63) is 53.6 Å². The highest BCUT2D eigenvalue weighted by Crippen LogP contribution is 2.26. The Morgan fingerprint density at radius 2 is 1.90 bits per heavy atom. The van der Waals surface area contributed by atoms with Crippen LogP contribution in [0.1, 0.15) is 18.1 Å². The van der Waals surface area contributed by atoms with Crippen molar-refractivity contribution >= 4 is 49.9 Å². The maximum Gasteiger partial charge on any atom is 0.242 e. The fourth-order valence-electron chi connectivity index (χ4n) is 2.66. The minimum absolute atomic E-state index is 0.117. The van der Waals surface area contributed by atoms with Gasteiger partial charge in [-0.15, -0.1) is 0 Å². The Balaban J connectivity index is 1.79. The molecule has 1 amide bonds. The number of carbonyl (C=O) groups is 1. The first-order chi connectivity index (χ1) is 14.2. The van der Waals surface area contributed by atoms with Crippen LogP contribution in [0.3, 0.4) is 0 Å². The number of rotatable bonds is 5. The second kappa shape index (κ2) is 8.99. The fourth-order valence-corrected chi connectivity index (χ4v) is 4.36. The summed E-state index contributed by atoms with van der Waals surface area (Å²) in [4.78, 5) is 15.9. The summed E-state index contributed by atoms with van der Waals surface area (Å²) in [5, 5.41) is 7.72. The van der Waals surface area contributed by atoms with Crippen LogP contribution in [0.4, 0.5) is 11.4 Å². The van der Waals surface area contributed by atoms with Crippen LogP contribution < -0.4 is 10.7 Å². The molecular formula is C20H23N5O3S2. The molecule has 1 heterocycles. The van der Waals surface area contributed by atoms with E-state index >= 15 is 0 Å². The predicted molar refractivity (Wildman–Crippen MR) is 122 cm³/mol. The SMILES string of the molecule is CC(=O)Nc1ccc(C2=NNC(=Nc3cc(S(=O)(=O)N(C)C)ccc3C)SC2)cc1. The third kappa shape index (κ3) is 5.07. The Morgan fingerprint density at radius 3 is 2.47 bits per heavy atom. The maximum atomic E-state index is 12.4. The van der Waals surface area contributed by atoms with Gasteiger partial charge in [0.25, 0.3) is 0 Å². The average molecular weight is 446 g/mol. The lowest BCUT2D eigenvalue weighted by atomic mass is 10.1. The van der Waals surface area contributed by atoms with Crippen LogP contribution in [-0.4, -0.2) is 49.4 Å². The van der Waals surface area contributed by atoms with Gasteiger partial charge in [0.15, 0.2) is 5.17 Å². The Morgan fingerprint density at radius 1 is 1.20 bits per heavy atom. The molecule has 0 fully saturated rings. The molecule has 0 saturated heterocycles. The summed E-state index contributed by atoms with van der Waals surface area (Å²) in [5.74, 6) is 0.494. The smallest absolute Gasteiger partial charge is 0.242 e. The number of aliphatic imine (C=N–C) groups is 1. The van der Waals surface area contributed by atoms with Crippen molar-refractivity contribution in [2.24, 2.45) is 10.1 Å². The lowest BCUT2D eigenvalue weighted by molar-refractivity contribution is -0.114. The van der Waals surface area contributed by atoms with Gasteiger partial charge in [0.1, 0.15) is 0 Å². The molecule has 30 heavy (non-hydrogen) atoms. The molecule has 1 aliphatic heterocycles. The van der Waals surface area contributed by atoms with E-state index in [4.69, 9.17) is 0 Å². The summed E-state index contributed by atoms with van der Waals surface area (Å²) in [7, 11) is -0.533. The molecule has 2 aromatic rings. The van der Waals surface area contributed by atoms with Gasteiger partial charge in [0.05, 0.1) is 16.3 Å². The van der Waals surface area contributed by atoms with E-state index in [1.165, 1.54) is 37.1 Å². The number of amides is 1. The van der Waals surface area contributed by atoms with Crippen molar-refractivity contribution in [2.45, 2.75) is 18.7 Å². The van der Waals surface area contributed by atoms with Crippen molar-refractivity contribution in [1.29, 1.82) is 0 Å². The van der Waals surface area contributed by atoms with Crippen molar-refractivity contribution in [1.82, 2.24) is 9.73 Å². The molecule has 0 aromatic heterocycles. The molecule has 2 N–H and O–H groups in total. The highest BCUT2D eigenvalue weighted by Gasteiger charge is 2.19. The monoisotopic (exact) mass is 445 g/mol. The van der Waals surface area contributed by atoms with Crippen molar-refractivity contribution in [2.75, 3.05) is 25.2 Å². The molecule has 0 aliphatic carbocycles. The molecular weight excluding hydrogens is 422 g/mol. The zero-order chi connectivity index (χ0) is 21.9. The van der Waals surface area contributed by atoms with E-state index in [-0.39, 0.29) is 10.8 Å². The second-order valence-corrected chi connectivity index (χ2v) is 9.99. The van der Waals surface area contributed by atoms with E-state index in [0.717, 1.165) is 22.5 Å². The number of hydrazone groups is 1. The van der Waals surface area contributed by atoms with E-state index in [9.17, 15) is 13.2 Å².